The van der Waals surface area contributed by atoms with Crippen molar-refractivity contribution in [1.29, 1.82) is 0 Å². The second-order valence-electron chi connectivity index (χ2n) is 7.67. The van der Waals surface area contributed by atoms with Crippen molar-refractivity contribution in [2.45, 2.75) is 49.6 Å². The van der Waals surface area contributed by atoms with E-state index in [1.54, 1.807) is 34.8 Å². The molecule has 0 saturated carbocycles. The van der Waals surface area contributed by atoms with Gasteiger partial charge in [0.15, 0.2) is 0 Å². The average Bonchev–Trinajstić information content (AvgIpc) is 3.28. The summed E-state index contributed by atoms with van der Waals surface area (Å²) in [4.78, 5) is 6.97. The van der Waals surface area contributed by atoms with Gasteiger partial charge in [0.05, 0.1) is 6.61 Å². The van der Waals surface area contributed by atoms with Crippen LogP contribution in [-0.4, -0.2) is 67.5 Å². The zero-order chi connectivity index (χ0) is 21.0. The molecule has 0 N–H and O–H groups in total. The molecule has 2 aliphatic rings. The Labute approximate surface area is 182 Å². The Balaban J connectivity index is 1.31. The summed E-state index contributed by atoms with van der Waals surface area (Å²) in [5.41, 5.74) is 0. The number of likely N-dealkylation sites (tertiary alicyclic amines) is 1. The van der Waals surface area contributed by atoms with Crippen LogP contribution in [0.25, 0.3) is 0 Å². The van der Waals surface area contributed by atoms with Crippen LogP contribution in [0.4, 0.5) is 0 Å². The van der Waals surface area contributed by atoms with E-state index in [1.165, 1.54) is 11.3 Å². The van der Waals surface area contributed by atoms with Gasteiger partial charge in [0, 0.05) is 43.8 Å². The van der Waals surface area contributed by atoms with E-state index in [1.807, 2.05) is 12.3 Å². The molecule has 3 heterocycles. The van der Waals surface area contributed by atoms with Crippen LogP contribution in [0.15, 0.2) is 40.7 Å². The predicted octanol–water partition coefficient (Wildman–Crippen LogP) is 3.24. The van der Waals surface area contributed by atoms with Crippen LogP contribution in [0, 0.1) is 0 Å². The van der Waals surface area contributed by atoms with Gasteiger partial charge in [0.25, 0.3) is 5.19 Å². The molecule has 0 spiro atoms. The molecule has 0 atom stereocenters. The molecule has 0 radical (unpaired) electrons. The van der Waals surface area contributed by atoms with Crippen molar-refractivity contribution in [3.63, 3.8) is 0 Å². The van der Waals surface area contributed by atoms with Gasteiger partial charge in [-0.2, -0.15) is 4.31 Å². The second kappa shape index (κ2) is 9.64. The van der Waals surface area contributed by atoms with Crippen molar-refractivity contribution in [3.05, 3.63) is 35.8 Å². The molecule has 0 aliphatic carbocycles. The number of hydrogen-bond donors (Lipinski definition) is 0. The maximum absolute atomic E-state index is 13.2. The monoisotopic (exact) mass is 451 g/mol. The Hall–Kier alpha value is -1.68. The number of piperidine rings is 2. The maximum Gasteiger partial charge on any atom is 0.273 e. The number of benzene rings is 1. The molecule has 2 aliphatic heterocycles. The maximum atomic E-state index is 13.2. The van der Waals surface area contributed by atoms with E-state index >= 15 is 0 Å². The summed E-state index contributed by atoms with van der Waals surface area (Å²) in [5, 5.41) is 2.68. The minimum Gasteiger partial charge on any atom is -0.492 e. The fourth-order valence-electron chi connectivity index (χ4n) is 4.29. The van der Waals surface area contributed by atoms with E-state index in [4.69, 9.17) is 9.47 Å². The van der Waals surface area contributed by atoms with Crippen LogP contribution in [0.5, 0.6) is 10.9 Å². The summed E-state index contributed by atoms with van der Waals surface area (Å²) in [5.74, 6) is 0.435. The summed E-state index contributed by atoms with van der Waals surface area (Å²) in [6.07, 6.45) is 5.67. The van der Waals surface area contributed by atoms with Gasteiger partial charge in [-0.1, -0.05) is 23.5 Å². The number of aromatic nitrogens is 1. The van der Waals surface area contributed by atoms with Crippen molar-refractivity contribution < 1.29 is 17.9 Å². The normalized spacial score (nSPS) is 20.3. The first-order chi connectivity index (χ1) is 14.6. The van der Waals surface area contributed by atoms with Crippen molar-refractivity contribution in [3.8, 4) is 10.9 Å². The lowest BCUT2D eigenvalue weighted by molar-refractivity contribution is 0.0584. The molecule has 1 aromatic heterocycles. The lowest BCUT2D eigenvalue weighted by Gasteiger charge is -2.41. The van der Waals surface area contributed by atoms with Crippen LogP contribution < -0.4 is 9.47 Å². The number of thiazole rings is 1. The smallest absolute Gasteiger partial charge is 0.273 e. The van der Waals surface area contributed by atoms with Crippen LogP contribution in [0.3, 0.4) is 0 Å². The molecule has 2 saturated heterocycles. The second-order valence-corrected chi connectivity index (χ2v) is 10.4. The Kier molecular flexibility index (Phi) is 6.92. The van der Waals surface area contributed by atoms with E-state index in [9.17, 15) is 8.42 Å². The SMILES string of the molecule is CCOc1ccccc1S(=O)(=O)N1CCC(N2CCC(Oc3nccs3)CC2)CC1. The number of ether oxygens (including phenoxy) is 2. The quantitative estimate of drug-likeness (QED) is 0.644. The van der Waals surface area contributed by atoms with Crippen LogP contribution in [0.2, 0.25) is 0 Å². The van der Waals surface area contributed by atoms with Crippen molar-refractivity contribution in [1.82, 2.24) is 14.2 Å². The van der Waals surface area contributed by atoms with Crippen LogP contribution >= 0.6 is 11.3 Å². The fraction of sp³-hybridized carbons (Fsp3) is 0.571. The van der Waals surface area contributed by atoms with E-state index in [2.05, 4.69) is 9.88 Å². The van der Waals surface area contributed by atoms with Gasteiger partial charge in [-0.3, -0.25) is 0 Å². The highest BCUT2D eigenvalue weighted by atomic mass is 32.2. The molecule has 0 unspecified atom stereocenters. The third kappa shape index (κ3) is 4.80. The van der Waals surface area contributed by atoms with E-state index in [0.29, 0.717) is 31.5 Å². The van der Waals surface area contributed by atoms with Crippen molar-refractivity contribution in [2.24, 2.45) is 0 Å². The highest BCUT2D eigenvalue weighted by molar-refractivity contribution is 7.89. The number of hydrogen-bond acceptors (Lipinski definition) is 7. The number of para-hydroxylation sites is 1. The predicted molar refractivity (Wildman–Crippen MR) is 117 cm³/mol. The van der Waals surface area contributed by atoms with Gasteiger partial charge in [0.1, 0.15) is 16.7 Å². The molecule has 2 aromatic rings. The van der Waals surface area contributed by atoms with Gasteiger partial charge in [0.2, 0.25) is 10.0 Å². The Morgan fingerprint density at radius 2 is 1.83 bits per heavy atom. The molecule has 30 heavy (non-hydrogen) atoms. The standard InChI is InChI=1S/C21H29N3O4S2/c1-2-27-19-5-3-4-6-20(19)30(25,26)24-14-7-17(8-15-24)23-12-9-18(10-13-23)28-21-22-11-16-29-21/h3-6,11,16-18H,2,7-10,12-15H2,1H3. The van der Waals surface area contributed by atoms with Crippen molar-refractivity contribution in [2.75, 3.05) is 32.8 Å². The third-order valence-corrected chi connectivity index (χ3v) is 8.46. The minimum atomic E-state index is -3.54. The Morgan fingerprint density at radius 3 is 2.50 bits per heavy atom. The van der Waals surface area contributed by atoms with Gasteiger partial charge in [-0.05, 0) is 44.7 Å². The van der Waals surface area contributed by atoms with Gasteiger partial charge < -0.3 is 14.4 Å². The van der Waals surface area contributed by atoms with E-state index < -0.39 is 10.0 Å². The highest BCUT2D eigenvalue weighted by Crippen LogP contribution is 2.30. The summed E-state index contributed by atoms with van der Waals surface area (Å²) in [6, 6.07) is 7.35. The molecule has 2 fully saturated rings. The lowest BCUT2D eigenvalue weighted by Crippen LogP contribution is -2.50. The summed E-state index contributed by atoms with van der Waals surface area (Å²) in [7, 11) is -3.54. The van der Waals surface area contributed by atoms with Crippen molar-refractivity contribution >= 4 is 21.4 Å². The molecule has 0 bridgehead atoms. The molecule has 1 aromatic carbocycles. The van der Waals surface area contributed by atoms with E-state index in [0.717, 1.165) is 44.0 Å². The van der Waals surface area contributed by atoms with Gasteiger partial charge >= 0.3 is 0 Å². The topological polar surface area (TPSA) is 72.0 Å². The van der Waals surface area contributed by atoms with Crippen LogP contribution in [0.1, 0.15) is 32.6 Å². The zero-order valence-electron chi connectivity index (χ0n) is 17.3. The highest BCUT2D eigenvalue weighted by Gasteiger charge is 2.34. The molecular weight excluding hydrogens is 422 g/mol. The summed E-state index contributed by atoms with van der Waals surface area (Å²) < 4.78 is 39.5. The molecule has 4 rings (SSSR count). The number of nitrogens with zero attached hydrogens (tertiary/aromatic N) is 3. The third-order valence-electron chi connectivity index (χ3n) is 5.86. The zero-order valence-corrected chi connectivity index (χ0v) is 18.9. The number of rotatable bonds is 7. The fourth-order valence-corrected chi connectivity index (χ4v) is 6.45. The lowest BCUT2D eigenvalue weighted by atomic mass is 10.00. The Bertz CT molecular complexity index is 904. The summed E-state index contributed by atoms with van der Waals surface area (Å²) in [6.45, 7) is 5.37. The first-order valence-corrected chi connectivity index (χ1v) is 12.9. The molecule has 164 valence electrons. The van der Waals surface area contributed by atoms with Crippen LogP contribution in [-0.2, 0) is 10.0 Å². The van der Waals surface area contributed by atoms with E-state index in [-0.39, 0.29) is 11.0 Å². The first kappa shape index (κ1) is 21.5. The number of sulfonamides is 1. The first-order valence-electron chi connectivity index (χ1n) is 10.6. The Morgan fingerprint density at radius 1 is 1.10 bits per heavy atom. The van der Waals surface area contributed by atoms with Gasteiger partial charge in [-0.25, -0.2) is 13.4 Å². The molecular formula is C21H29N3O4S2. The summed E-state index contributed by atoms with van der Waals surface area (Å²) >= 11 is 1.53. The average molecular weight is 452 g/mol. The van der Waals surface area contributed by atoms with Gasteiger partial charge in [-0.15, -0.1) is 0 Å². The molecule has 9 heteroatoms. The largest absolute Gasteiger partial charge is 0.492 e. The minimum absolute atomic E-state index is 0.225. The molecule has 7 nitrogen and oxygen atoms in total. The molecule has 0 amide bonds.